The van der Waals surface area contributed by atoms with Crippen LogP contribution in [0.25, 0.3) is 5.69 Å². The van der Waals surface area contributed by atoms with Gasteiger partial charge in [-0.1, -0.05) is 24.3 Å². The van der Waals surface area contributed by atoms with Gasteiger partial charge in [0.15, 0.2) is 11.5 Å². The average molecular weight is 338 g/mol. The minimum atomic E-state index is -1.14. The van der Waals surface area contributed by atoms with Gasteiger partial charge in [0.2, 0.25) is 0 Å². The maximum Gasteiger partial charge on any atom is 0.356 e. The van der Waals surface area contributed by atoms with Gasteiger partial charge in [0, 0.05) is 23.5 Å². The Morgan fingerprint density at radius 2 is 1.84 bits per heavy atom. The molecular formula is C19H12F2N2O2. The van der Waals surface area contributed by atoms with Gasteiger partial charge < -0.3 is 5.11 Å². The van der Waals surface area contributed by atoms with Crippen LogP contribution in [0.4, 0.5) is 8.78 Å². The molecule has 0 saturated carbocycles. The SMILES string of the molecule is O=C(O)c1nn(-c2ccc(F)cc2F)c2c1C1CC2c2ccccc21. The maximum absolute atomic E-state index is 14.3. The van der Waals surface area contributed by atoms with Crippen molar-refractivity contribution in [2.24, 2.45) is 0 Å². The van der Waals surface area contributed by atoms with Crippen LogP contribution in [-0.2, 0) is 0 Å². The lowest BCUT2D eigenvalue weighted by Gasteiger charge is -2.18. The van der Waals surface area contributed by atoms with Crippen LogP contribution in [-0.4, -0.2) is 20.9 Å². The number of fused-ring (bicyclic) bond motifs is 8. The zero-order chi connectivity index (χ0) is 17.3. The molecule has 0 aliphatic heterocycles. The Bertz CT molecular complexity index is 1060. The van der Waals surface area contributed by atoms with E-state index in [2.05, 4.69) is 5.10 Å². The number of nitrogens with zero attached hydrogens (tertiary/aromatic N) is 2. The van der Waals surface area contributed by atoms with Crippen molar-refractivity contribution in [2.75, 3.05) is 0 Å². The Morgan fingerprint density at radius 3 is 2.52 bits per heavy atom. The van der Waals surface area contributed by atoms with Crippen molar-refractivity contribution in [3.05, 3.63) is 82.2 Å². The van der Waals surface area contributed by atoms with E-state index in [0.717, 1.165) is 29.7 Å². The summed E-state index contributed by atoms with van der Waals surface area (Å²) in [6.45, 7) is 0. The van der Waals surface area contributed by atoms with Gasteiger partial charge >= 0.3 is 5.97 Å². The molecule has 0 radical (unpaired) electrons. The fraction of sp³-hybridized carbons (Fsp3) is 0.158. The van der Waals surface area contributed by atoms with E-state index >= 15 is 0 Å². The van der Waals surface area contributed by atoms with Crippen molar-refractivity contribution in [3.63, 3.8) is 0 Å². The summed E-state index contributed by atoms with van der Waals surface area (Å²) in [5.41, 5.74) is 3.60. The molecule has 1 aromatic heterocycles. The summed E-state index contributed by atoms with van der Waals surface area (Å²) in [5.74, 6) is -2.66. The molecule has 1 N–H and O–H groups in total. The number of hydrogen-bond donors (Lipinski definition) is 1. The number of carbonyl (C=O) groups is 1. The fourth-order valence-corrected chi connectivity index (χ4v) is 4.28. The first-order valence-electron chi connectivity index (χ1n) is 7.96. The summed E-state index contributed by atoms with van der Waals surface area (Å²) in [4.78, 5) is 11.7. The summed E-state index contributed by atoms with van der Waals surface area (Å²) in [6.07, 6.45) is 0.760. The van der Waals surface area contributed by atoms with Gasteiger partial charge in [0.1, 0.15) is 11.5 Å². The molecule has 6 heteroatoms. The predicted octanol–water partition coefficient (Wildman–Crippen LogP) is 3.83. The van der Waals surface area contributed by atoms with Gasteiger partial charge in [-0.2, -0.15) is 5.10 Å². The number of aromatic nitrogens is 2. The summed E-state index contributed by atoms with van der Waals surface area (Å²) < 4.78 is 28.9. The van der Waals surface area contributed by atoms with E-state index in [-0.39, 0.29) is 23.2 Å². The number of rotatable bonds is 2. The van der Waals surface area contributed by atoms with Crippen molar-refractivity contribution >= 4 is 5.97 Å². The lowest BCUT2D eigenvalue weighted by Crippen LogP contribution is -2.09. The molecule has 5 rings (SSSR count). The molecule has 2 aromatic carbocycles. The smallest absolute Gasteiger partial charge is 0.356 e. The summed E-state index contributed by atoms with van der Waals surface area (Å²) in [6, 6.07) is 11.1. The highest BCUT2D eigenvalue weighted by Crippen LogP contribution is 2.57. The molecule has 2 aliphatic rings. The molecule has 0 spiro atoms. The lowest BCUT2D eigenvalue weighted by molar-refractivity contribution is 0.0688. The summed E-state index contributed by atoms with van der Waals surface area (Å²) in [5, 5.41) is 13.7. The maximum atomic E-state index is 14.3. The first-order chi connectivity index (χ1) is 12.1. The Hall–Kier alpha value is -3.02. The van der Waals surface area contributed by atoms with Gasteiger partial charge in [0.05, 0.1) is 5.69 Å². The van der Waals surface area contributed by atoms with E-state index < -0.39 is 17.6 Å². The van der Waals surface area contributed by atoms with E-state index in [9.17, 15) is 18.7 Å². The van der Waals surface area contributed by atoms with Gasteiger partial charge in [-0.05, 0) is 29.7 Å². The Labute approximate surface area is 141 Å². The first kappa shape index (κ1) is 14.3. The second-order valence-corrected chi connectivity index (χ2v) is 6.43. The van der Waals surface area contributed by atoms with E-state index in [1.807, 2.05) is 24.3 Å². The van der Waals surface area contributed by atoms with Crippen molar-refractivity contribution in [3.8, 4) is 5.69 Å². The van der Waals surface area contributed by atoms with Crippen LogP contribution in [0.2, 0.25) is 0 Å². The number of halogens is 2. The van der Waals surface area contributed by atoms with Gasteiger partial charge in [-0.25, -0.2) is 18.3 Å². The number of carboxylic acids is 1. The molecule has 2 aliphatic carbocycles. The summed E-state index contributed by atoms with van der Waals surface area (Å²) in [7, 11) is 0. The van der Waals surface area contributed by atoms with Crippen LogP contribution in [0, 0.1) is 11.6 Å². The van der Waals surface area contributed by atoms with Crippen molar-refractivity contribution in [2.45, 2.75) is 18.3 Å². The van der Waals surface area contributed by atoms with Crippen LogP contribution >= 0.6 is 0 Å². The summed E-state index contributed by atoms with van der Waals surface area (Å²) >= 11 is 0. The highest BCUT2D eigenvalue weighted by atomic mass is 19.1. The van der Waals surface area contributed by atoms with Crippen LogP contribution in [0.3, 0.4) is 0 Å². The Balaban J connectivity index is 1.79. The Kier molecular flexibility index (Phi) is 2.72. The highest BCUT2D eigenvalue weighted by molar-refractivity contribution is 5.89. The standard InChI is InChI=1S/C19H12F2N2O2/c20-9-5-6-15(14(21)7-9)23-18-13-8-12(10-3-1-2-4-11(10)13)16(18)17(22-23)19(24)25/h1-7,12-13H,8H2,(H,24,25). The van der Waals surface area contributed by atoms with E-state index in [0.29, 0.717) is 11.3 Å². The molecule has 124 valence electrons. The second kappa shape index (κ2) is 4.75. The predicted molar refractivity (Wildman–Crippen MR) is 85.2 cm³/mol. The van der Waals surface area contributed by atoms with Crippen LogP contribution in [0.1, 0.15) is 51.1 Å². The average Bonchev–Trinajstić information content (AvgIpc) is 3.24. The number of aromatic carboxylic acids is 1. The monoisotopic (exact) mass is 338 g/mol. The molecule has 2 unspecified atom stereocenters. The third kappa shape index (κ3) is 1.79. The van der Waals surface area contributed by atoms with Crippen molar-refractivity contribution in [1.82, 2.24) is 9.78 Å². The lowest BCUT2D eigenvalue weighted by atomic mass is 9.88. The van der Waals surface area contributed by atoms with E-state index in [4.69, 9.17) is 0 Å². The Morgan fingerprint density at radius 1 is 1.12 bits per heavy atom. The van der Waals surface area contributed by atoms with Gasteiger partial charge in [-0.3, -0.25) is 0 Å². The molecule has 2 atom stereocenters. The molecule has 4 nitrogen and oxygen atoms in total. The normalized spacial score (nSPS) is 19.8. The topological polar surface area (TPSA) is 55.1 Å². The van der Waals surface area contributed by atoms with Crippen LogP contribution in [0.5, 0.6) is 0 Å². The van der Waals surface area contributed by atoms with Crippen molar-refractivity contribution in [1.29, 1.82) is 0 Å². The zero-order valence-electron chi connectivity index (χ0n) is 12.9. The minimum Gasteiger partial charge on any atom is -0.476 e. The highest BCUT2D eigenvalue weighted by Gasteiger charge is 2.47. The van der Waals surface area contributed by atoms with Crippen LogP contribution < -0.4 is 0 Å². The molecule has 1 heterocycles. The van der Waals surface area contributed by atoms with E-state index in [1.165, 1.54) is 10.7 Å². The first-order valence-corrected chi connectivity index (χ1v) is 7.96. The molecule has 0 fully saturated rings. The molecule has 2 bridgehead atoms. The second-order valence-electron chi connectivity index (χ2n) is 6.43. The van der Waals surface area contributed by atoms with Gasteiger partial charge in [-0.15, -0.1) is 0 Å². The number of hydrogen-bond acceptors (Lipinski definition) is 2. The van der Waals surface area contributed by atoms with Gasteiger partial charge in [0.25, 0.3) is 0 Å². The number of benzene rings is 2. The molecule has 3 aromatic rings. The zero-order valence-corrected chi connectivity index (χ0v) is 12.9. The fourth-order valence-electron chi connectivity index (χ4n) is 4.28. The third-order valence-corrected chi connectivity index (χ3v) is 5.20. The van der Waals surface area contributed by atoms with Crippen LogP contribution in [0.15, 0.2) is 42.5 Å². The van der Waals surface area contributed by atoms with Crippen molar-refractivity contribution < 1.29 is 18.7 Å². The number of carboxylic acid groups (broad SMARTS) is 1. The molecule has 0 amide bonds. The van der Waals surface area contributed by atoms with E-state index in [1.54, 1.807) is 0 Å². The molecule has 25 heavy (non-hydrogen) atoms. The molecular weight excluding hydrogens is 326 g/mol. The minimum absolute atomic E-state index is 0.0266. The quantitative estimate of drug-likeness (QED) is 0.773. The molecule has 0 saturated heterocycles. The largest absolute Gasteiger partial charge is 0.476 e. The third-order valence-electron chi connectivity index (χ3n) is 5.20.